The first-order chi connectivity index (χ1) is 16.5. The highest BCUT2D eigenvalue weighted by Crippen LogP contribution is 2.29. The Balaban J connectivity index is 3.65. The fourth-order valence-electron chi connectivity index (χ4n) is 3.81. The molecule has 7 nitrogen and oxygen atoms in total. The lowest BCUT2D eigenvalue weighted by atomic mass is 9.93. The van der Waals surface area contributed by atoms with Gasteiger partial charge < -0.3 is 20.3 Å². The van der Waals surface area contributed by atoms with Gasteiger partial charge in [0.1, 0.15) is 17.7 Å². The second kappa shape index (κ2) is 12.9. The standard InChI is InChI=1S/C29H47N3O4/c1-12-19(4)23(30-27(35)36-29(9,10)11)26(34)32(20(5)13-2)24(25(33)31-28(6,7)8)22-17-15-16-21(14-3)18-22/h14-20,23-24H,3,12-13H2,1-2,4-11H3,(H,30,35)(H,31,33). The van der Waals surface area contributed by atoms with Gasteiger partial charge in [0.25, 0.3) is 0 Å². The van der Waals surface area contributed by atoms with Gasteiger partial charge in [0, 0.05) is 11.6 Å². The van der Waals surface area contributed by atoms with E-state index in [9.17, 15) is 14.4 Å². The second-order valence-electron chi connectivity index (χ2n) is 11.5. The predicted molar refractivity (Wildman–Crippen MR) is 146 cm³/mol. The van der Waals surface area contributed by atoms with Crippen molar-refractivity contribution < 1.29 is 19.1 Å². The number of benzene rings is 1. The number of carbonyl (C=O) groups is 3. The minimum Gasteiger partial charge on any atom is -0.444 e. The van der Waals surface area contributed by atoms with Gasteiger partial charge in [-0.25, -0.2) is 4.79 Å². The summed E-state index contributed by atoms with van der Waals surface area (Å²) >= 11 is 0. The summed E-state index contributed by atoms with van der Waals surface area (Å²) in [6.07, 6.45) is 2.34. The zero-order valence-corrected chi connectivity index (χ0v) is 23.9. The maximum Gasteiger partial charge on any atom is 0.408 e. The van der Waals surface area contributed by atoms with Gasteiger partial charge in [0.2, 0.25) is 11.8 Å². The number of ether oxygens (including phenoxy) is 1. The van der Waals surface area contributed by atoms with Crippen LogP contribution in [0.15, 0.2) is 30.8 Å². The molecule has 7 heteroatoms. The van der Waals surface area contributed by atoms with E-state index in [1.54, 1.807) is 31.7 Å². The Morgan fingerprint density at radius 3 is 2.14 bits per heavy atom. The highest BCUT2D eigenvalue weighted by atomic mass is 16.6. The van der Waals surface area contributed by atoms with Crippen molar-refractivity contribution >= 4 is 24.0 Å². The van der Waals surface area contributed by atoms with E-state index in [2.05, 4.69) is 17.2 Å². The van der Waals surface area contributed by atoms with Crippen LogP contribution in [0.25, 0.3) is 6.08 Å². The van der Waals surface area contributed by atoms with Crippen molar-refractivity contribution in [1.29, 1.82) is 0 Å². The van der Waals surface area contributed by atoms with Gasteiger partial charge in [0.15, 0.2) is 0 Å². The van der Waals surface area contributed by atoms with Gasteiger partial charge >= 0.3 is 6.09 Å². The molecule has 0 saturated carbocycles. The van der Waals surface area contributed by atoms with Gasteiger partial charge in [-0.05, 0) is 78.0 Å². The van der Waals surface area contributed by atoms with E-state index in [1.165, 1.54) is 0 Å². The molecular formula is C29H47N3O4. The molecule has 0 radical (unpaired) electrons. The molecule has 0 bridgehead atoms. The lowest BCUT2D eigenvalue weighted by Crippen LogP contribution is -2.58. The van der Waals surface area contributed by atoms with E-state index < -0.39 is 29.3 Å². The van der Waals surface area contributed by atoms with Crippen molar-refractivity contribution in [2.24, 2.45) is 5.92 Å². The first-order valence-electron chi connectivity index (χ1n) is 12.9. The maximum absolute atomic E-state index is 14.2. The number of amides is 3. The molecule has 2 N–H and O–H groups in total. The number of carbonyl (C=O) groups excluding carboxylic acids is 3. The van der Waals surface area contributed by atoms with E-state index in [1.807, 2.05) is 72.7 Å². The Morgan fingerprint density at radius 2 is 1.67 bits per heavy atom. The molecule has 1 aromatic rings. The maximum atomic E-state index is 14.2. The van der Waals surface area contributed by atoms with Gasteiger partial charge in [-0.2, -0.15) is 0 Å². The lowest BCUT2D eigenvalue weighted by Gasteiger charge is -2.40. The second-order valence-corrected chi connectivity index (χ2v) is 11.5. The summed E-state index contributed by atoms with van der Waals surface area (Å²) in [5.41, 5.74) is 0.329. The molecule has 3 amide bonds. The third-order valence-electron chi connectivity index (χ3n) is 5.96. The molecular weight excluding hydrogens is 454 g/mol. The minimum atomic E-state index is -0.890. The third-order valence-corrected chi connectivity index (χ3v) is 5.96. The van der Waals surface area contributed by atoms with Crippen molar-refractivity contribution in [2.45, 2.75) is 111 Å². The molecule has 0 aromatic heterocycles. The molecule has 4 unspecified atom stereocenters. The topological polar surface area (TPSA) is 87.7 Å². The van der Waals surface area contributed by atoms with E-state index in [0.717, 1.165) is 5.56 Å². The van der Waals surface area contributed by atoms with Crippen molar-refractivity contribution in [3.63, 3.8) is 0 Å². The summed E-state index contributed by atoms with van der Waals surface area (Å²) in [5, 5.41) is 5.85. The largest absolute Gasteiger partial charge is 0.444 e. The normalized spacial score (nSPS) is 15.2. The van der Waals surface area contributed by atoms with Crippen LogP contribution >= 0.6 is 0 Å². The van der Waals surface area contributed by atoms with Gasteiger partial charge in [-0.15, -0.1) is 0 Å². The van der Waals surface area contributed by atoms with Gasteiger partial charge in [-0.1, -0.05) is 58.0 Å². The fraction of sp³-hybridized carbons (Fsp3) is 0.621. The summed E-state index contributed by atoms with van der Waals surface area (Å²) < 4.78 is 5.46. The van der Waals surface area contributed by atoms with Crippen LogP contribution in [0.5, 0.6) is 0 Å². The highest BCUT2D eigenvalue weighted by molar-refractivity contribution is 5.92. The number of hydrogen-bond acceptors (Lipinski definition) is 4. The average Bonchev–Trinajstić information content (AvgIpc) is 2.77. The van der Waals surface area contributed by atoms with Crippen LogP contribution in [-0.2, 0) is 14.3 Å². The van der Waals surface area contributed by atoms with Crippen molar-refractivity contribution in [3.8, 4) is 0 Å². The first-order valence-corrected chi connectivity index (χ1v) is 12.9. The molecule has 0 saturated heterocycles. The molecule has 0 heterocycles. The monoisotopic (exact) mass is 501 g/mol. The van der Waals surface area contributed by atoms with Crippen molar-refractivity contribution in [1.82, 2.24) is 15.5 Å². The van der Waals surface area contributed by atoms with E-state index in [-0.39, 0.29) is 23.8 Å². The van der Waals surface area contributed by atoms with Crippen LogP contribution in [0.3, 0.4) is 0 Å². The van der Waals surface area contributed by atoms with Crippen molar-refractivity contribution in [3.05, 3.63) is 42.0 Å². The molecule has 0 spiro atoms. The quantitative estimate of drug-likeness (QED) is 0.421. The highest BCUT2D eigenvalue weighted by Gasteiger charge is 2.40. The van der Waals surface area contributed by atoms with Crippen LogP contribution in [0.1, 0.15) is 99.2 Å². The van der Waals surface area contributed by atoms with E-state index >= 15 is 0 Å². The Labute approximate surface area is 218 Å². The molecule has 36 heavy (non-hydrogen) atoms. The molecule has 0 aliphatic carbocycles. The zero-order chi connectivity index (χ0) is 27.8. The predicted octanol–water partition coefficient (Wildman–Crippen LogP) is 5.85. The molecule has 0 aliphatic heterocycles. The molecule has 1 rings (SSSR count). The van der Waals surface area contributed by atoms with Crippen LogP contribution in [-0.4, -0.2) is 46.0 Å². The zero-order valence-electron chi connectivity index (χ0n) is 23.9. The summed E-state index contributed by atoms with van der Waals surface area (Å²) in [6, 6.07) is 5.46. The SMILES string of the molecule is C=Cc1cccc(C(C(=O)NC(C)(C)C)N(C(=O)C(NC(=O)OC(C)(C)C)C(C)CC)C(C)CC)c1. The summed E-state index contributed by atoms with van der Waals surface area (Å²) in [7, 11) is 0. The van der Waals surface area contributed by atoms with Gasteiger partial charge in [0.05, 0.1) is 0 Å². The molecule has 0 fully saturated rings. The van der Waals surface area contributed by atoms with Crippen LogP contribution in [0, 0.1) is 5.92 Å². The smallest absolute Gasteiger partial charge is 0.408 e. The lowest BCUT2D eigenvalue weighted by molar-refractivity contribution is -0.146. The molecule has 202 valence electrons. The molecule has 4 atom stereocenters. The molecule has 0 aliphatic rings. The number of rotatable bonds is 10. The van der Waals surface area contributed by atoms with Gasteiger partial charge in [-0.3, -0.25) is 9.59 Å². The van der Waals surface area contributed by atoms with Crippen LogP contribution < -0.4 is 10.6 Å². The Bertz CT molecular complexity index is 914. The summed E-state index contributed by atoms with van der Waals surface area (Å²) in [6.45, 7) is 22.7. The number of nitrogens with zero attached hydrogens (tertiary/aromatic N) is 1. The average molecular weight is 502 g/mol. The fourth-order valence-corrected chi connectivity index (χ4v) is 3.81. The molecule has 1 aromatic carbocycles. The number of alkyl carbamates (subject to hydrolysis) is 1. The first kappa shape index (κ1) is 31.2. The Kier molecular flexibility index (Phi) is 11.2. The minimum absolute atomic E-state index is 0.178. The Morgan fingerprint density at radius 1 is 1.06 bits per heavy atom. The number of hydrogen-bond donors (Lipinski definition) is 2. The summed E-state index contributed by atoms with van der Waals surface area (Å²) in [4.78, 5) is 42.3. The number of nitrogens with one attached hydrogen (secondary N) is 2. The van der Waals surface area contributed by atoms with E-state index in [0.29, 0.717) is 18.4 Å². The van der Waals surface area contributed by atoms with E-state index in [4.69, 9.17) is 4.74 Å². The summed E-state index contributed by atoms with van der Waals surface area (Å²) in [5.74, 6) is -0.775. The Hall–Kier alpha value is -2.83. The van der Waals surface area contributed by atoms with Crippen molar-refractivity contribution in [2.75, 3.05) is 0 Å². The van der Waals surface area contributed by atoms with Crippen LogP contribution in [0.4, 0.5) is 4.79 Å². The third kappa shape index (κ3) is 9.32. The van der Waals surface area contributed by atoms with Crippen LogP contribution in [0.2, 0.25) is 0 Å².